The zero-order chi connectivity index (χ0) is 50.7. The van der Waals surface area contributed by atoms with E-state index in [1.807, 2.05) is 67.0 Å². The average molecular weight is 929 g/mol. The highest BCUT2D eigenvalue weighted by Crippen LogP contribution is 2.42. The lowest BCUT2D eigenvalue weighted by Gasteiger charge is -2.18. The van der Waals surface area contributed by atoms with Gasteiger partial charge in [0.15, 0.2) is 0 Å². The highest BCUT2D eigenvalue weighted by molar-refractivity contribution is 6.06. The van der Waals surface area contributed by atoms with E-state index >= 15 is 0 Å². The Kier molecular flexibility index (Phi) is 11.2. The smallest absolute Gasteiger partial charge is 0.136 e. The first-order chi connectivity index (χ1) is 36.8. The molecule has 0 fully saturated rings. The number of fused-ring (bicyclic) bond motifs is 3. The van der Waals surface area contributed by atoms with Gasteiger partial charge in [-0.2, -0.15) is 0 Å². The molecule has 12 aromatic rings. The Morgan fingerprint density at radius 1 is 0.319 bits per heavy atom. The van der Waals surface area contributed by atoms with Gasteiger partial charge < -0.3 is 4.42 Å². The molecule has 12 rings (SSSR count). The number of aromatic nitrogens is 3. The lowest BCUT2D eigenvalue weighted by Crippen LogP contribution is -1.98. The number of furan rings is 1. The standard InChI is InChI=1S/C68H51N3O/c1-46-35-38-71-66(39-46)56-32-33-60(63(44-56)55-12-10-11-53(43-55)54-31-34-62-61-15-4-5-18-67(61)72-68(62)45-54)59-14-3-2-13-58(59)57-41-49(21-19-47-23-27-51(28-24-47)64-16-6-8-36-69-64)40-50(42-57)22-20-48-25-29-52(30-26-48)65-17-7-9-37-70-65/h2-18,23-45H,19-22H2,1H3/i1D3. The van der Waals surface area contributed by atoms with Crippen LogP contribution in [0.5, 0.6) is 0 Å². The van der Waals surface area contributed by atoms with Crippen molar-refractivity contribution < 1.29 is 8.53 Å². The predicted molar refractivity (Wildman–Crippen MR) is 298 cm³/mol. The summed E-state index contributed by atoms with van der Waals surface area (Å²) >= 11 is 0. The van der Waals surface area contributed by atoms with Gasteiger partial charge in [-0.05, 0) is 172 Å². The van der Waals surface area contributed by atoms with E-state index in [1.54, 1.807) is 18.3 Å². The summed E-state index contributed by atoms with van der Waals surface area (Å²) in [6, 6.07) is 78.4. The van der Waals surface area contributed by atoms with Crippen LogP contribution >= 0.6 is 0 Å². The van der Waals surface area contributed by atoms with Crippen molar-refractivity contribution in [2.45, 2.75) is 32.5 Å². The summed E-state index contributed by atoms with van der Waals surface area (Å²) in [6.07, 6.45) is 8.80. The zero-order valence-electron chi connectivity index (χ0n) is 42.7. The Labute approximate surface area is 425 Å². The molecule has 4 aromatic heterocycles. The summed E-state index contributed by atoms with van der Waals surface area (Å²) in [6.45, 7) is -2.27. The molecule has 0 aliphatic carbocycles. The van der Waals surface area contributed by atoms with Crippen LogP contribution in [0.1, 0.15) is 31.9 Å². The second-order valence-corrected chi connectivity index (χ2v) is 18.5. The molecule has 0 saturated heterocycles. The number of rotatable bonds is 13. The number of pyridine rings is 3. The van der Waals surface area contributed by atoms with Crippen LogP contribution in [0.25, 0.3) is 100 Å². The molecule has 0 aliphatic rings. The fourth-order valence-corrected chi connectivity index (χ4v) is 10.0. The average Bonchev–Trinajstić information content (AvgIpc) is 3.85. The number of hydrogen-bond donors (Lipinski definition) is 0. The maximum absolute atomic E-state index is 8.19. The predicted octanol–water partition coefficient (Wildman–Crippen LogP) is 17.3. The molecule has 0 atom stereocenters. The van der Waals surface area contributed by atoms with E-state index in [4.69, 9.17) is 13.5 Å². The topological polar surface area (TPSA) is 51.8 Å². The Balaban J connectivity index is 0.938. The first kappa shape index (κ1) is 40.9. The second kappa shape index (κ2) is 19.8. The van der Waals surface area contributed by atoms with Crippen molar-refractivity contribution in [2.24, 2.45) is 0 Å². The quantitative estimate of drug-likeness (QED) is 0.116. The molecule has 0 spiro atoms. The van der Waals surface area contributed by atoms with E-state index in [1.165, 1.54) is 22.3 Å². The van der Waals surface area contributed by atoms with Crippen LogP contribution < -0.4 is 0 Å². The molecule has 0 bridgehead atoms. The van der Waals surface area contributed by atoms with E-state index in [0.717, 1.165) is 120 Å². The van der Waals surface area contributed by atoms with Gasteiger partial charge in [0.1, 0.15) is 11.2 Å². The SMILES string of the molecule is [2H]C([2H])([2H])c1ccnc(-c2ccc(-c3ccccc3-c3cc(CCc4ccc(-c5ccccn5)cc4)cc(CCc4ccc(-c5ccccn5)cc4)c3)c(-c3cccc(-c4ccc5c(c4)oc4ccccc45)c3)c2)c1. The Hall–Kier alpha value is -8.99. The Bertz CT molecular complexity index is 3870. The van der Waals surface area contributed by atoms with Crippen LogP contribution in [-0.4, -0.2) is 15.0 Å². The second-order valence-electron chi connectivity index (χ2n) is 18.5. The van der Waals surface area contributed by atoms with Crippen LogP contribution in [0.3, 0.4) is 0 Å². The van der Waals surface area contributed by atoms with Crippen LogP contribution in [0, 0.1) is 6.85 Å². The molecule has 0 amide bonds. The molecule has 0 unspecified atom stereocenters. The summed E-state index contributed by atoms with van der Waals surface area (Å²) < 4.78 is 30.9. The van der Waals surface area contributed by atoms with Gasteiger partial charge >= 0.3 is 0 Å². The molecule has 8 aromatic carbocycles. The van der Waals surface area contributed by atoms with Crippen molar-refractivity contribution in [3.63, 3.8) is 0 Å². The lowest BCUT2D eigenvalue weighted by atomic mass is 9.86. The molecule has 0 saturated carbocycles. The number of benzene rings is 8. The third kappa shape index (κ3) is 9.38. The molecule has 0 N–H and O–H groups in total. The largest absolute Gasteiger partial charge is 0.456 e. The molecule has 0 aliphatic heterocycles. The minimum atomic E-state index is -2.27. The van der Waals surface area contributed by atoms with E-state index in [0.29, 0.717) is 5.69 Å². The van der Waals surface area contributed by atoms with E-state index in [-0.39, 0.29) is 5.56 Å². The van der Waals surface area contributed by atoms with Gasteiger partial charge in [-0.3, -0.25) is 15.0 Å². The minimum Gasteiger partial charge on any atom is -0.456 e. The van der Waals surface area contributed by atoms with Crippen LogP contribution in [0.2, 0.25) is 0 Å². The van der Waals surface area contributed by atoms with Gasteiger partial charge in [0, 0.05) is 50.2 Å². The third-order valence-electron chi connectivity index (χ3n) is 13.8. The number of para-hydroxylation sites is 1. The van der Waals surface area contributed by atoms with Crippen molar-refractivity contribution in [3.05, 3.63) is 271 Å². The Morgan fingerprint density at radius 3 is 1.58 bits per heavy atom. The first-order valence-electron chi connectivity index (χ1n) is 26.1. The normalized spacial score (nSPS) is 12.1. The van der Waals surface area contributed by atoms with Gasteiger partial charge in [-0.15, -0.1) is 0 Å². The summed E-state index contributed by atoms with van der Waals surface area (Å²) in [7, 11) is 0. The fourth-order valence-electron chi connectivity index (χ4n) is 10.0. The number of aryl methyl sites for hydroxylation is 5. The van der Waals surface area contributed by atoms with E-state index in [9.17, 15) is 0 Å². The van der Waals surface area contributed by atoms with Crippen LogP contribution in [0.15, 0.2) is 247 Å². The fraction of sp³-hybridized carbons (Fsp3) is 0.0735. The maximum atomic E-state index is 8.19. The van der Waals surface area contributed by atoms with Gasteiger partial charge in [0.05, 0.1) is 17.1 Å². The molecular formula is C68H51N3O. The summed E-state index contributed by atoms with van der Waals surface area (Å²) in [5, 5.41) is 2.18. The molecule has 4 nitrogen and oxygen atoms in total. The highest BCUT2D eigenvalue weighted by atomic mass is 16.3. The highest BCUT2D eigenvalue weighted by Gasteiger charge is 2.17. The molecular weight excluding hydrogens is 875 g/mol. The molecule has 4 heteroatoms. The number of hydrogen-bond acceptors (Lipinski definition) is 4. The van der Waals surface area contributed by atoms with Crippen molar-refractivity contribution in [2.75, 3.05) is 0 Å². The number of nitrogens with zero attached hydrogens (tertiary/aromatic N) is 3. The van der Waals surface area contributed by atoms with E-state index < -0.39 is 6.85 Å². The Morgan fingerprint density at radius 2 is 0.889 bits per heavy atom. The van der Waals surface area contributed by atoms with Crippen molar-refractivity contribution in [3.8, 4) is 78.3 Å². The van der Waals surface area contributed by atoms with Crippen molar-refractivity contribution in [1.29, 1.82) is 0 Å². The van der Waals surface area contributed by atoms with Gasteiger partial charge in [0.2, 0.25) is 0 Å². The molecule has 344 valence electrons. The van der Waals surface area contributed by atoms with Gasteiger partial charge in [-0.1, -0.05) is 158 Å². The summed E-state index contributed by atoms with van der Waals surface area (Å²) in [5.41, 5.74) is 21.2. The van der Waals surface area contributed by atoms with Crippen molar-refractivity contribution >= 4 is 21.9 Å². The molecule has 0 radical (unpaired) electrons. The van der Waals surface area contributed by atoms with Crippen LogP contribution in [-0.2, 0) is 25.7 Å². The zero-order valence-corrected chi connectivity index (χ0v) is 39.7. The first-order valence-corrected chi connectivity index (χ1v) is 24.6. The van der Waals surface area contributed by atoms with E-state index in [2.05, 4.69) is 168 Å². The summed E-state index contributed by atoms with van der Waals surface area (Å²) in [5.74, 6) is 0. The minimum absolute atomic E-state index is 0.255. The third-order valence-corrected chi connectivity index (χ3v) is 13.8. The van der Waals surface area contributed by atoms with Gasteiger partial charge in [-0.25, -0.2) is 0 Å². The van der Waals surface area contributed by atoms with Gasteiger partial charge in [0.25, 0.3) is 0 Å². The van der Waals surface area contributed by atoms with Crippen molar-refractivity contribution in [1.82, 2.24) is 15.0 Å². The molecule has 4 heterocycles. The van der Waals surface area contributed by atoms with Crippen LogP contribution in [0.4, 0.5) is 0 Å². The summed E-state index contributed by atoms with van der Waals surface area (Å²) in [4.78, 5) is 13.8. The maximum Gasteiger partial charge on any atom is 0.136 e. The lowest BCUT2D eigenvalue weighted by molar-refractivity contribution is 0.669. The molecule has 72 heavy (non-hydrogen) atoms. The monoisotopic (exact) mass is 928 g/mol.